The van der Waals surface area contributed by atoms with E-state index in [-0.39, 0.29) is 10.8 Å². The number of aryl methyl sites for hydroxylation is 1. The number of hydrogen-bond donors (Lipinski definition) is 2. The van der Waals surface area contributed by atoms with E-state index < -0.39 is 15.6 Å². The summed E-state index contributed by atoms with van der Waals surface area (Å²) in [5.41, 5.74) is 5.83. The maximum Gasteiger partial charge on any atom is 0.243 e. The van der Waals surface area contributed by atoms with Crippen LogP contribution in [0, 0.1) is 6.92 Å². The highest BCUT2D eigenvalue weighted by atomic mass is 32.2. The van der Waals surface area contributed by atoms with E-state index in [1.165, 1.54) is 10.4 Å². The van der Waals surface area contributed by atoms with Crippen LogP contribution in [0.3, 0.4) is 0 Å². The fourth-order valence-electron chi connectivity index (χ4n) is 2.49. The molecule has 0 bridgehead atoms. The van der Waals surface area contributed by atoms with Gasteiger partial charge in [0.05, 0.1) is 10.4 Å². The molecule has 0 spiro atoms. The molecule has 0 aliphatic carbocycles. The normalized spacial score (nSPS) is 17.0. The van der Waals surface area contributed by atoms with Crippen molar-refractivity contribution in [3.63, 3.8) is 0 Å². The third-order valence-electron chi connectivity index (χ3n) is 3.96. The Bertz CT molecular complexity index is 687. The number of anilines is 1. The standard InChI is InChI=1S/C16H25N3O3S/c1-12-7-8-13(18-15(20)16(2,3)17)11-14(12)23(21,22)19-9-5-4-6-10-19/h7-8,11H,4-6,9-10,17H2,1-3H3,(H,18,20). The van der Waals surface area contributed by atoms with Gasteiger partial charge in [0.15, 0.2) is 0 Å². The number of benzene rings is 1. The van der Waals surface area contributed by atoms with Crippen LogP contribution in [-0.2, 0) is 14.8 Å². The van der Waals surface area contributed by atoms with E-state index in [1.807, 2.05) is 0 Å². The van der Waals surface area contributed by atoms with E-state index in [0.29, 0.717) is 24.3 Å². The first kappa shape index (κ1) is 17.9. The molecule has 7 heteroatoms. The van der Waals surface area contributed by atoms with Gasteiger partial charge in [0.2, 0.25) is 15.9 Å². The number of nitrogens with one attached hydrogen (secondary N) is 1. The summed E-state index contributed by atoms with van der Waals surface area (Å²) >= 11 is 0. The van der Waals surface area contributed by atoms with Crippen LogP contribution < -0.4 is 11.1 Å². The molecule has 2 rings (SSSR count). The number of hydrogen-bond acceptors (Lipinski definition) is 4. The lowest BCUT2D eigenvalue weighted by Gasteiger charge is -2.27. The molecular weight excluding hydrogens is 314 g/mol. The Morgan fingerprint density at radius 2 is 1.83 bits per heavy atom. The number of sulfonamides is 1. The van der Waals surface area contributed by atoms with Gasteiger partial charge in [-0.05, 0) is 51.3 Å². The van der Waals surface area contributed by atoms with E-state index in [2.05, 4.69) is 5.32 Å². The topological polar surface area (TPSA) is 92.5 Å². The minimum absolute atomic E-state index is 0.243. The summed E-state index contributed by atoms with van der Waals surface area (Å²) in [7, 11) is -3.54. The number of amides is 1. The van der Waals surface area contributed by atoms with Gasteiger partial charge in [-0.25, -0.2) is 8.42 Å². The van der Waals surface area contributed by atoms with Crippen molar-refractivity contribution in [3.05, 3.63) is 23.8 Å². The molecule has 1 heterocycles. The lowest BCUT2D eigenvalue weighted by atomic mass is 10.1. The van der Waals surface area contributed by atoms with Gasteiger partial charge < -0.3 is 11.1 Å². The number of carbonyl (C=O) groups is 1. The van der Waals surface area contributed by atoms with Gasteiger partial charge in [-0.1, -0.05) is 12.5 Å². The molecule has 1 amide bonds. The van der Waals surface area contributed by atoms with Crippen LogP contribution in [0.15, 0.2) is 23.1 Å². The van der Waals surface area contributed by atoms with Crippen LogP contribution in [0.2, 0.25) is 0 Å². The van der Waals surface area contributed by atoms with Gasteiger partial charge in [0.25, 0.3) is 0 Å². The summed E-state index contributed by atoms with van der Waals surface area (Å²) in [5.74, 6) is -0.359. The summed E-state index contributed by atoms with van der Waals surface area (Å²) in [5, 5.41) is 2.68. The highest BCUT2D eigenvalue weighted by molar-refractivity contribution is 7.89. The lowest BCUT2D eigenvalue weighted by Crippen LogP contribution is -2.45. The first-order valence-electron chi connectivity index (χ1n) is 7.83. The zero-order valence-electron chi connectivity index (χ0n) is 13.9. The monoisotopic (exact) mass is 339 g/mol. The average Bonchev–Trinajstić information content (AvgIpc) is 2.49. The molecule has 0 aromatic heterocycles. The maximum atomic E-state index is 12.8. The third-order valence-corrected chi connectivity index (χ3v) is 6.00. The van der Waals surface area contributed by atoms with E-state index in [0.717, 1.165) is 19.3 Å². The molecule has 1 aliphatic heterocycles. The molecular formula is C16H25N3O3S. The molecule has 3 N–H and O–H groups in total. The Morgan fingerprint density at radius 1 is 1.22 bits per heavy atom. The molecule has 6 nitrogen and oxygen atoms in total. The van der Waals surface area contributed by atoms with E-state index in [1.54, 1.807) is 32.9 Å². The lowest BCUT2D eigenvalue weighted by molar-refractivity contribution is -0.120. The largest absolute Gasteiger partial charge is 0.324 e. The van der Waals surface area contributed by atoms with E-state index >= 15 is 0 Å². The fourth-order valence-corrected chi connectivity index (χ4v) is 4.26. The third kappa shape index (κ3) is 4.10. The molecule has 23 heavy (non-hydrogen) atoms. The Hall–Kier alpha value is -1.44. The maximum absolute atomic E-state index is 12.8. The molecule has 1 aromatic rings. The Kier molecular flexibility index (Phi) is 5.13. The highest BCUT2D eigenvalue weighted by Gasteiger charge is 2.28. The molecule has 1 aromatic carbocycles. The summed E-state index contributed by atoms with van der Waals surface area (Å²) in [4.78, 5) is 12.2. The van der Waals surface area contributed by atoms with Crippen molar-refractivity contribution in [2.45, 2.75) is 50.5 Å². The molecule has 0 atom stereocenters. The second-order valence-electron chi connectivity index (χ2n) is 6.62. The van der Waals surface area contributed by atoms with Crippen molar-refractivity contribution in [3.8, 4) is 0 Å². The number of rotatable bonds is 4. The zero-order chi connectivity index (χ0) is 17.3. The summed E-state index contributed by atoms with van der Waals surface area (Å²) in [6.45, 7) is 6.06. The molecule has 128 valence electrons. The van der Waals surface area contributed by atoms with Crippen molar-refractivity contribution in [1.29, 1.82) is 0 Å². The fraction of sp³-hybridized carbons (Fsp3) is 0.562. The Morgan fingerprint density at radius 3 is 2.39 bits per heavy atom. The van der Waals surface area contributed by atoms with Crippen LogP contribution in [0.25, 0.3) is 0 Å². The van der Waals surface area contributed by atoms with Crippen molar-refractivity contribution >= 4 is 21.6 Å². The summed E-state index contributed by atoms with van der Waals surface area (Å²) in [6, 6.07) is 4.91. The van der Waals surface area contributed by atoms with Crippen LogP contribution in [0.1, 0.15) is 38.7 Å². The minimum Gasteiger partial charge on any atom is -0.324 e. The van der Waals surface area contributed by atoms with Crippen molar-refractivity contribution in [2.75, 3.05) is 18.4 Å². The zero-order valence-corrected chi connectivity index (χ0v) is 14.7. The highest BCUT2D eigenvalue weighted by Crippen LogP contribution is 2.26. The van der Waals surface area contributed by atoms with E-state index in [9.17, 15) is 13.2 Å². The smallest absolute Gasteiger partial charge is 0.243 e. The second kappa shape index (κ2) is 6.59. The van der Waals surface area contributed by atoms with Gasteiger partial charge in [-0.15, -0.1) is 0 Å². The summed E-state index contributed by atoms with van der Waals surface area (Å²) in [6.07, 6.45) is 2.83. The van der Waals surface area contributed by atoms with Crippen LogP contribution >= 0.6 is 0 Å². The molecule has 0 radical (unpaired) electrons. The van der Waals surface area contributed by atoms with Crippen molar-refractivity contribution in [2.24, 2.45) is 5.73 Å². The van der Waals surface area contributed by atoms with Crippen LogP contribution in [-0.4, -0.2) is 37.3 Å². The molecule has 1 fully saturated rings. The van der Waals surface area contributed by atoms with E-state index in [4.69, 9.17) is 5.73 Å². The molecule has 1 aliphatic rings. The van der Waals surface area contributed by atoms with Gasteiger partial charge in [-0.3, -0.25) is 4.79 Å². The number of nitrogens with two attached hydrogens (primary N) is 1. The predicted octanol–water partition coefficient (Wildman–Crippen LogP) is 1.85. The van der Waals surface area contributed by atoms with Crippen molar-refractivity contribution < 1.29 is 13.2 Å². The number of nitrogens with zero attached hydrogens (tertiary/aromatic N) is 1. The molecule has 0 unspecified atom stereocenters. The van der Waals surface area contributed by atoms with Crippen LogP contribution in [0.4, 0.5) is 5.69 Å². The van der Waals surface area contributed by atoms with Gasteiger partial charge >= 0.3 is 0 Å². The summed E-state index contributed by atoms with van der Waals surface area (Å²) < 4.78 is 27.2. The molecule has 1 saturated heterocycles. The van der Waals surface area contributed by atoms with Gasteiger partial charge in [-0.2, -0.15) is 4.31 Å². The van der Waals surface area contributed by atoms with Crippen LogP contribution in [0.5, 0.6) is 0 Å². The van der Waals surface area contributed by atoms with Gasteiger partial charge in [0, 0.05) is 18.8 Å². The second-order valence-corrected chi connectivity index (χ2v) is 8.53. The van der Waals surface area contributed by atoms with Gasteiger partial charge in [0.1, 0.15) is 0 Å². The Labute approximate surface area is 138 Å². The Balaban J connectivity index is 2.32. The first-order chi connectivity index (χ1) is 10.6. The first-order valence-corrected chi connectivity index (χ1v) is 9.27. The van der Waals surface area contributed by atoms with Crippen molar-refractivity contribution in [1.82, 2.24) is 4.31 Å². The average molecular weight is 339 g/mol. The predicted molar refractivity (Wildman–Crippen MR) is 90.7 cm³/mol. The number of carbonyl (C=O) groups excluding carboxylic acids is 1. The quantitative estimate of drug-likeness (QED) is 0.875. The number of piperidine rings is 1. The SMILES string of the molecule is Cc1ccc(NC(=O)C(C)(C)N)cc1S(=O)(=O)N1CCCCC1. The molecule has 0 saturated carbocycles. The minimum atomic E-state index is -3.54.